The topological polar surface area (TPSA) is 42.3 Å². The Balaban J connectivity index is 1.62. The zero-order chi connectivity index (χ0) is 12.5. The van der Waals surface area contributed by atoms with Gasteiger partial charge in [0.15, 0.2) is 5.78 Å². The van der Waals surface area contributed by atoms with Crippen molar-refractivity contribution >= 4 is 11.7 Å². The zero-order valence-corrected chi connectivity index (χ0v) is 10.5. The molecule has 0 radical (unpaired) electrons. The second-order valence-electron chi connectivity index (χ2n) is 5.25. The van der Waals surface area contributed by atoms with Gasteiger partial charge in [-0.15, -0.1) is 0 Å². The maximum atomic E-state index is 12.1. The van der Waals surface area contributed by atoms with Gasteiger partial charge in [-0.25, -0.2) is 0 Å². The summed E-state index contributed by atoms with van der Waals surface area (Å²) in [5.74, 6) is 0.139. The van der Waals surface area contributed by atoms with E-state index in [9.17, 15) is 9.59 Å². The Bertz CT molecular complexity index is 472. The first kappa shape index (κ1) is 11.5. The number of ketones is 1. The summed E-state index contributed by atoms with van der Waals surface area (Å²) in [6.45, 7) is 2.40. The summed E-state index contributed by atoms with van der Waals surface area (Å²) < 4.78 is 1.95. The van der Waals surface area contributed by atoms with E-state index in [1.54, 1.807) is 0 Å². The lowest BCUT2D eigenvalue weighted by Crippen LogP contribution is -2.37. The molecule has 1 aromatic heterocycles. The third-order valence-electron chi connectivity index (χ3n) is 4.00. The molecule has 0 N–H and O–H groups in total. The van der Waals surface area contributed by atoms with Crippen LogP contribution in [0.5, 0.6) is 0 Å². The molecule has 96 valence electrons. The van der Waals surface area contributed by atoms with Crippen LogP contribution in [0.25, 0.3) is 0 Å². The average Bonchev–Trinajstić information content (AvgIpc) is 2.95. The Morgan fingerprint density at radius 3 is 2.78 bits per heavy atom. The van der Waals surface area contributed by atoms with Crippen molar-refractivity contribution < 1.29 is 9.59 Å². The summed E-state index contributed by atoms with van der Waals surface area (Å²) in [4.78, 5) is 26.1. The summed E-state index contributed by atoms with van der Waals surface area (Å²) in [6, 6.07) is 3.73. The van der Waals surface area contributed by atoms with Crippen molar-refractivity contribution in [2.45, 2.75) is 32.2 Å². The van der Waals surface area contributed by atoms with E-state index in [-0.39, 0.29) is 17.6 Å². The molecule has 0 saturated carbocycles. The monoisotopic (exact) mass is 246 g/mol. The van der Waals surface area contributed by atoms with E-state index in [2.05, 4.69) is 0 Å². The van der Waals surface area contributed by atoms with Gasteiger partial charge in [-0.1, -0.05) is 0 Å². The van der Waals surface area contributed by atoms with Gasteiger partial charge < -0.3 is 9.47 Å². The molecule has 1 atom stereocenters. The highest BCUT2D eigenvalue weighted by atomic mass is 16.2. The number of amides is 1. The minimum absolute atomic E-state index is 0.130. The molecule has 0 aliphatic carbocycles. The van der Waals surface area contributed by atoms with E-state index in [0.29, 0.717) is 13.0 Å². The molecule has 1 amide bonds. The van der Waals surface area contributed by atoms with E-state index in [0.717, 1.165) is 31.6 Å². The number of fused-ring (bicyclic) bond motifs is 1. The summed E-state index contributed by atoms with van der Waals surface area (Å²) in [5.41, 5.74) is 0.756. The van der Waals surface area contributed by atoms with Crippen molar-refractivity contribution in [3.05, 3.63) is 24.0 Å². The summed E-state index contributed by atoms with van der Waals surface area (Å²) in [5, 5.41) is 0. The lowest BCUT2D eigenvalue weighted by atomic mass is 9.99. The fraction of sp³-hybridized carbons (Fsp3) is 0.571. The van der Waals surface area contributed by atoms with Crippen LogP contribution in [0.15, 0.2) is 18.3 Å². The van der Waals surface area contributed by atoms with Crippen LogP contribution < -0.4 is 0 Å². The fourth-order valence-corrected chi connectivity index (χ4v) is 2.97. The number of Topliss-reactive ketones (excluding diaryl/α,β-unsaturated/α-hetero) is 1. The minimum Gasteiger partial charge on any atom is -0.344 e. The highest BCUT2D eigenvalue weighted by Gasteiger charge is 2.33. The normalized spacial score (nSPS) is 23.2. The van der Waals surface area contributed by atoms with Gasteiger partial charge in [0.25, 0.3) is 0 Å². The van der Waals surface area contributed by atoms with Gasteiger partial charge in [-0.2, -0.15) is 0 Å². The summed E-state index contributed by atoms with van der Waals surface area (Å²) in [7, 11) is 0. The Morgan fingerprint density at radius 1 is 1.28 bits per heavy atom. The van der Waals surface area contributed by atoms with Crippen molar-refractivity contribution in [2.75, 3.05) is 13.1 Å². The molecule has 0 spiro atoms. The van der Waals surface area contributed by atoms with Crippen LogP contribution in [0.1, 0.15) is 36.2 Å². The standard InChI is InChI=1S/C14H18N2O2/c17-13(15-6-2-1-3-7-15)9-11-10-16-8-4-5-12(16)14(11)18/h4-5,8,11H,1-3,6-7,9-10H2/t11-/m1/s1. The average molecular weight is 246 g/mol. The molecular formula is C14H18N2O2. The van der Waals surface area contributed by atoms with Crippen LogP contribution in [-0.4, -0.2) is 34.2 Å². The van der Waals surface area contributed by atoms with Gasteiger partial charge in [0.05, 0.1) is 11.6 Å². The number of aromatic nitrogens is 1. The lowest BCUT2D eigenvalue weighted by Gasteiger charge is -2.27. The van der Waals surface area contributed by atoms with Gasteiger partial charge >= 0.3 is 0 Å². The largest absolute Gasteiger partial charge is 0.344 e. The molecule has 0 bridgehead atoms. The third kappa shape index (κ3) is 1.96. The van der Waals surface area contributed by atoms with Crippen LogP contribution in [-0.2, 0) is 11.3 Å². The van der Waals surface area contributed by atoms with Crippen molar-refractivity contribution in [2.24, 2.45) is 5.92 Å². The van der Waals surface area contributed by atoms with Gasteiger partial charge in [-0.05, 0) is 31.4 Å². The van der Waals surface area contributed by atoms with Crippen LogP contribution in [0, 0.1) is 5.92 Å². The van der Waals surface area contributed by atoms with E-state index in [1.165, 1.54) is 6.42 Å². The molecule has 2 aliphatic rings. The first-order valence-electron chi connectivity index (χ1n) is 6.73. The van der Waals surface area contributed by atoms with Gasteiger partial charge in [0.2, 0.25) is 5.91 Å². The first-order valence-corrected chi connectivity index (χ1v) is 6.73. The smallest absolute Gasteiger partial charge is 0.223 e. The number of carbonyl (C=O) groups is 2. The molecule has 1 saturated heterocycles. The molecule has 1 aromatic rings. The summed E-state index contributed by atoms with van der Waals surface area (Å²) >= 11 is 0. The van der Waals surface area contributed by atoms with Gasteiger partial charge in [0.1, 0.15) is 0 Å². The SMILES string of the molecule is O=C1c2cccn2C[C@H]1CC(=O)N1CCCCC1. The van der Waals surface area contributed by atoms with Crippen molar-refractivity contribution in [3.8, 4) is 0 Å². The summed E-state index contributed by atoms with van der Waals surface area (Å²) in [6.07, 6.45) is 5.71. The van der Waals surface area contributed by atoms with Crippen molar-refractivity contribution in [1.82, 2.24) is 9.47 Å². The number of hydrogen-bond donors (Lipinski definition) is 0. The second-order valence-corrected chi connectivity index (χ2v) is 5.25. The van der Waals surface area contributed by atoms with Gasteiger partial charge in [-0.3, -0.25) is 9.59 Å². The first-order chi connectivity index (χ1) is 8.75. The Hall–Kier alpha value is -1.58. The van der Waals surface area contributed by atoms with Crippen molar-refractivity contribution in [3.63, 3.8) is 0 Å². The number of likely N-dealkylation sites (tertiary alicyclic amines) is 1. The molecule has 0 unspecified atom stereocenters. The molecule has 2 aliphatic heterocycles. The maximum Gasteiger partial charge on any atom is 0.223 e. The highest BCUT2D eigenvalue weighted by Crippen LogP contribution is 2.24. The number of piperidine rings is 1. The Morgan fingerprint density at radius 2 is 2.06 bits per heavy atom. The number of hydrogen-bond acceptors (Lipinski definition) is 2. The third-order valence-corrected chi connectivity index (χ3v) is 4.00. The molecule has 0 aromatic carbocycles. The number of rotatable bonds is 2. The number of carbonyl (C=O) groups excluding carboxylic acids is 2. The van der Waals surface area contributed by atoms with Crippen molar-refractivity contribution in [1.29, 1.82) is 0 Å². The molecule has 3 rings (SSSR count). The molecule has 4 heteroatoms. The molecule has 3 heterocycles. The Kier molecular flexibility index (Phi) is 2.94. The maximum absolute atomic E-state index is 12.1. The van der Waals surface area contributed by atoms with Crippen LogP contribution in [0.2, 0.25) is 0 Å². The molecule has 4 nitrogen and oxygen atoms in total. The predicted octanol–water partition coefficient (Wildman–Crippen LogP) is 1.70. The second kappa shape index (κ2) is 4.59. The highest BCUT2D eigenvalue weighted by molar-refractivity contribution is 6.00. The molecule has 18 heavy (non-hydrogen) atoms. The predicted molar refractivity (Wildman–Crippen MR) is 67.3 cm³/mol. The zero-order valence-electron chi connectivity index (χ0n) is 10.5. The molecular weight excluding hydrogens is 228 g/mol. The van der Waals surface area contributed by atoms with Crippen LogP contribution in [0.4, 0.5) is 0 Å². The number of nitrogens with zero attached hydrogens (tertiary/aromatic N) is 2. The Labute approximate surface area is 107 Å². The van der Waals surface area contributed by atoms with Gasteiger partial charge in [0, 0.05) is 32.3 Å². The van der Waals surface area contributed by atoms with E-state index >= 15 is 0 Å². The molecule has 1 fully saturated rings. The minimum atomic E-state index is -0.143. The lowest BCUT2D eigenvalue weighted by molar-refractivity contribution is -0.132. The van der Waals surface area contributed by atoms with E-state index in [4.69, 9.17) is 0 Å². The van der Waals surface area contributed by atoms with E-state index < -0.39 is 0 Å². The quantitative estimate of drug-likeness (QED) is 0.797. The van der Waals surface area contributed by atoms with Crippen LogP contribution in [0.3, 0.4) is 0 Å². The van der Waals surface area contributed by atoms with Crippen LogP contribution >= 0.6 is 0 Å². The van der Waals surface area contributed by atoms with E-state index in [1.807, 2.05) is 27.8 Å². The fourth-order valence-electron chi connectivity index (χ4n) is 2.97.